The number of anilines is 6. The van der Waals surface area contributed by atoms with Crippen LogP contribution in [0.15, 0.2) is 86.7 Å². The largest absolute Gasteiger partial charge is 0.395 e. The molecule has 8 aromatic rings. The second-order valence-electron chi connectivity index (χ2n) is 20.7. The lowest BCUT2D eigenvalue weighted by molar-refractivity contribution is 0.217. The van der Waals surface area contributed by atoms with Crippen LogP contribution in [0.25, 0.3) is 25.6 Å². The summed E-state index contributed by atoms with van der Waals surface area (Å²) in [7, 11) is -8.19. The van der Waals surface area contributed by atoms with Gasteiger partial charge in [0.1, 0.15) is 17.2 Å². The molecule has 432 valence electrons. The van der Waals surface area contributed by atoms with Gasteiger partial charge in [-0.1, -0.05) is 107 Å². The summed E-state index contributed by atoms with van der Waals surface area (Å²) in [6, 6.07) is 19.9. The number of thiazole rings is 2. The van der Waals surface area contributed by atoms with Crippen molar-refractivity contribution in [3.63, 3.8) is 0 Å². The minimum absolute atomic E-state index is 0.00481. The Morgan fingerprint density at radius 3 is 1.60 bits per heavy atom. The van der Waals surface area contributed by atoms with Crippen LogP contribution in [0.5, 0.6) is 0 Å². The van der Waals surface area contributed by atoms with Crippen LogP contribution in [-0.2, 0) is 51.1 Å². The van der Waals surface area contributed by atoms with Crippen molar-refractivity contribution in [3.8, 4) is 5.13 Å². The van der Waals surface area contributed by atoms with Crippen molar-refractivity contribution in [1.82, 2.24) is 33.3 Å². The molecule has 20 nitrogen and oxygen atoms in total. The number of sulfonamides is 2. The molecule has 0 saturated heterocycles. The van der Waals surface area contributed by atoms with E-state index < -0.39 is 51.9 Å². The fourth-order valence-electron chi connectivity index (χ4n) is 9.87. The number of nitrogens with one attached hydrogen (secondary N) is 1. The van der Waals surface area contributed by atoms with E-state index in [2.05, 4.69) is 71.1 Å². The first-order chi connectivity index (χ1) is 38.6. The van der Waals surface area contributed by atoms with Crippen molar-refractivity contribution < 1.29 is 37.3 Å². The van der Waals surface area contributed by atoms with Crippen LogP contribution in [0.3, 0.4) is 0 Å². The maximum Gasteiger partial charge on any atom is 0.243 e. The molecule has 4 aromatic heterocycles. The van der Waals surface area contributed by atoms with Crippen LogP contribution in [0, 0.1) is 20.8 Å². The van der Waals surface area contributed by atoms with E-state index in [0.29, 0.717) is 85.0 Å². The number of aromatic nitrogens is 5. The van der Waals surface area contributed by atoms with Crippen molar-refractivity contribution >= 4 is 108 Å². The molecule has 0 unspecified atom stereocenters. The van der Waals surface area contributed by atoms with E-state index in [1.165, 1.54) is 45.6 Å². The van der Waals surface area contributed by atoms with E-state index in [4.69, 9.17) is 36.0 Å². The monoisotopic (exact) mass is 1180 g/mol. The first-order valence-corrected chi connectivity index (χ1v) is 31.5. The van der Waals surface area contributed by atoms with Gasteiger partial charge in [-0.15, -0.1) is 10.2 Å². The molecule has 0 saturated carbocycles. The van der Waals surface area contributed by atoms with Crippen molar-refractivity contribution in [2.75, 3.05) is 68.6 Å². The number of hydrogen-bond acceptors (Lipinski definition) is 19. The molecule has 0 fully saturated rings. The van der Waals surface area contributed by atoms with Crippen LogP contribution in [0.2, 0.25) is 0 Å². The van der Waals surface area contributed by atoms with Gasteiger partial charge in [0.15, 0.2) is 10.9 Å². The van der Waals surface area contributed by atoms with Gasteiger partial charge < -0.3 is 31.5 Å². The number of benzene rings is 4. The maximum atomic E-state index is 13.9. The number of pyridine rings is 1. The topological polar surface area (TPSA) is 278 Å². The van der Waals surface area contributed by atoms with E-state index in [0.717, 1.165) is 53.4 Å². The van der Waals surface area contributed by atoms with Crippen molar-refractivity contribution in [2.24, 2.45) is 10.2 Å². The first kappa shape index (κ1) is 60.8. The highest BCUT2D eigenvalue weighted by Crippen LogP contribution is 2.47. The number of nitrogens with two attached hydrogens (primary N) is 1. The minimum Gasteiger partial charge on any atom is -0.395 e. The van der Waals surface area contributed by atoms with Crippen molar-refractivity contribution in [1.29, 1.82) is 0 Å². The van der Waals surface area contributed by atoms with Gasteiger partial charge in [-0.25, -0.2) is 31.8 Å². The number of azo groups is 1. The summed E-state index contributed by atoms with van der Waals surface area (Å²) in [6.07, 6.45) is 2.78. The lowest BCUT2D eigenvalue weighted by Gasteiger charge is -2.28. The smallest absolute Gasteiger partial charge is 0.243 e. The Morgan fingerprint density at radius 2 is 1.12 bits per heavy atom. The number of aliphatic hydroxyl groups is 4. The molecule has 0 aliphatic carbocycles. The van der Waals surface area contributed by atoms with Crippen molar-refractivity contribution in [2.45, 2.75) is 110 Å². The number of aryl methyl sites for hydroxylation is 7. The fourth-order valence-corrected chi connectivity index (χ4v) is 14.9. The van der Waals surface area contributed by atoms with Crippen LogP contribution >= 0.6 is 22.7 Å². The maximum absolute atomic E-state index is 13.9. The first-order valence-electron chi connectivity index (χ1n) is 27.0. The molecule has 4 aromatic carbocycles. The molecule has 0 aliphatic heterocycles. The second kappa shape index (κ2) is 25.0. The Hall–Kier alpha value is -6.32. The van der Waals surface area contributed by atoms with E-state index in [9.17, 15) is 37.3 Å². The highest BCUT2D eigenvalue weighted by molar-refractivity contribution is 7.89. The predicted molar refractivity (Wildman–Crippen MR) is 323 cm³/mol. The number of aliphatic hydroxyl groups excluding tert-OH is 4. The normalized spacial score (nSPS) is 12.6. The highest BCUT2D eigenvalue weighted by atomic mass is 32.2. The number of nitrogens with zero attached hydrogens (tertiary/aromatic N) is 10. The molecule has 81 heavy (non-hydrogen) atoms. The summed E-state index contributed by atoms with van der Waals surface area (Å²) in [5, 5.41) is 58.3. The van der Waals surface area contributed by atoms with Gasteiger partial charge in [-0.05, 0) is 117 Å². The summed E-state index contributed by atoms with van der Waals surface area (Å²) in [6.45, 7) is 18.1. The molecule has 0 spiro atoms. The summed E-state index contributed by atoms with van der Waals surface area (Å²) < 4.78 is 60.0. The van der Waals surface area contributed by atoms with Crippen molar-refractivity contribution in [3.05, 3.63) is 111 Å². The number of rotatable bonds is 24. The van der Waals surface area contributed by atoms with E-state index in [-0.39, 0.29) is 47.5 Å². The Morgan fingerprint density at radius 1 is 0.642 bits per heavy atom. The number of fused-ring (bicyclic) bond motifs is 2. The Balaban J connectivity index is 1.35. The fraction of sp³-hybridized carbons (Fsp3) is 0.404. The van der Waals surface area contributed by atoms with E-state index >= 15 is 0 Å². The third kappa shape index (κ3) is 12.4. The summed E-state index contributed by atoms with van der Waals surface area (Å²) in [5.74, 6) is 1.06. The lowest BCUT2D eigenvalue weighted by Crippen LogP contribution is -2.35. The predicted octanol–water partition coefficient (Wildman–Crippen LogP) is 10.1. The molecular formula is C57H72N12O8S4. The molecular weight excluding hydrogens is 1110 g/mol. The highest BCUT2D eigenvalue weighted by Gasteiger charge is 2.31. The third-order valence-corrected chi connectivity index (χ3v) is 19.6. The zero-order valence-corrected chi connectivity index (χ0v) is 50.7. The van der Waals surface area contributed by atoms with Gasteiger partial charge in [0.2, 0.25) is 31.0 Å². The third-order valence-electron chi connectivity index (χ3n) is 13.8. The van der Waals surface area contributed by atoms with Crippen LogP contribution in [0.4, 0.5) is 45.3 Å². The molecule has 0 bridgehead atoms. The number of nitrogen functional groups attached to an aromatic ring is 1. The molecule has 4 heterocycles. The van der Waals surface area contributed by atoms with Crippen LogP contribution in [-0.4, -0.2) is 123 Å². The summed E-state index contributed by atoms with van der Waals surface area (Å²) in [5.41, 5.74) is 17.6. The molecule has 0 radical (unpaired) electrons. The summed E-state index contributed by atoms with van der Waals surface area (Å²) in [4.78, 5) is 17.6. The average molecular weight is 1180 g/mol. The standard InChI is InChI=1S/C57H72N12O8S4/c1-11-37-27-34(5)28-38(12-2)50(37)62-53-49(63-64-54-48(58)52(57(8,9)10)65-69(54)56-60-44-18-16-42(33-46(44)79-56)81(76,77)67(21-25-72)22-26-73)36(7)31-47(61-53)68(51-39(13-3)29-35(6)30-40(51)14-4)55-59-43-17-15-41(32-45(43)78-55)80(74,75)66(19-23-70)20-24-71/h15-18,27-33,70-73H,11-14,19-26,58H2,1-10H3,(H,61,62)/b64-63+. The van der Waals surface area contributed by atoms with Crippen LogP contribution in [0.1, 0.15) is 93.1 Å². The zero-order valence-electron chi connectivity index (χ0n) is 47.4. The molecule has 0 aliphatic rings. The minimum atomic E-state index is -4.10. The summed E-state index contributed by atoms with van der Waals surface area (Å²) >= 11 is 2.50. The lowest BCUT2D eigenvalue weighted by atomic mass is 9.91. The van der Waals surface area contributed by atoms with Gasteiger partial charge in [-0.3, -0.25) is 4.90 Å². The van der Waals surface area contributed by atoms with Gasteiger partial charge in [0, 0.05) is 37.3 Å². The van der Waals surface area contributed by atoms with E-state index in [1.54, 1.807) is 18.2 Å². The van der Waals surface area contributed by atoms with Gasteiger partial charge >= 0.3 is 0 Å². The second-order valence-corrected chi connectivity index (χ2v) is 26.6. The van der Waals surface area contributed by atoms with Gasteiger partial charge in [0.25, 0.3) is 0 Å². The quantitative estimate of drug-likeness (QED) is 0.0307. The Labute approximate surface area is 481 Å². The molecule has 0 amide bonds. The average Bonchev–Trinajstić information content (AvgIpc) is 4.17. The Bertz CT molecular complexity index is 3810. The SMILES string of the molecule is CCc1cc(C)cc(CC)c1Nc1nc(N(c2nc3ccc(S(=O)(=O)N(CCO)CCO)cc3s2)c2c(CC)cc(C)cc2CC)cc(C)c1/N=N/c1c(N)c(C(C)(C)C)nn1-c1nc2ccc(S(=O)(=O)N(CCO)CCO)cc2s1. The molecule has 7 N–H and O–H groups in total. The van der Waals surface area contributed by atoms with Gasteiger partial charge in [0.05, 0.1) is 68.0 Å². The van der Waals surface area contributed by atoms with Gasteiger partial charge in [-0.2, -0.15) is 18.4 Å². The molecule has 0 atom stereocenters. The Kier molecular flexibility index (Phi) is 18.8. The zero-order chi connectivity index (χ0) is 58.7. The van der Waals surface area contributed by atoms with Crippen LogP contribution < -0.4 is 16.0 Å². The molecule has 8 rings (SSSR count). The molecule has 24 heteroatoms. The van der Waals surface area contributed by atoms with E-state index in [1.807, 2.05) is 38.7 Å². The number of hydrogen-bond donors (Lipinski definition) is 6.